The highest BCUT2D eigenvalue weighted by molar-refractivity contribution is 5.93. The molecule has 4 rings (SSSR count). The van der Waals surface area contributed by atoms with Crippen molar-refractivity contribution in [1.82, 2.24) is 14.0 Å². The van der Waals surface area contributed by atoms with Gasteiger partial charge in [0.15, 0.2) is 0 Å². The van der Waals surface area contributed by atoms with Gasteiger partial charge in [-0.25, -0.2) is 0 Å². The molecule has 2 aliphatic rings. The minimum atomic E-state index is -0.0838. The molecule has 2 atom stereocenters. The molecule has 0 radical (unpaired) electrons. The molecule has 0 saturated carbocycles. The molecule has 0 spiro atoms. The number of aromatic nitrogens is 2. The molecule has 2 unspecified atom stereocenters. The molecule has 154 valence electrons. The molecular formula is C22H29N5O2. The Bertz CT molecular complexity index is 945. The fourth-order valence-corrected chi connectivity index (χ4v) is 4.55. The molecule has 2 aliphatic heterocycles. The van der Waals surface area contributed by atoms with Gasteiger partial charge < -0.3 is 19.2 Å². The Morgan fingerprint density at radius 1 is 1.38 bits per heavy atom. The molecule has 1 fully saturated rings. The summed E-state index contributed by atoms with van der Waals surface area (Å²) in [7, 11) is 0. The van der Waals surface area contributed by atoms with Gasteiger partial charge in [-0.15, -0.1) is 0 Å². The quantitative estimate of drug-likeness (QED) is 0.845. The summed E-state index contributed by atoms with van der Waals surface area (Å²) in [6, 6.07) is 6.63. The van der Waals surface area contributed by atoms with Gasteiger partial charge in [0.1, 0.15) is 11.9 Å². The average molecular weight is 396 g/mol. The first-order valence-electron chi connectivity index (χ1n) is 10.4. The number of nitrogens with zero attached hydrogens (tertiary/aromatic N) is 4. The van der Waals surface area contributed by atoms with Gasteiger partial charge in [0, 0.05) is 43.3 Å². The van der Waals surface area contributed by atoms with Crippen LogP contribution in [-0.4, -0.2) is 45.7 Å². The largest absolute Gasteiger partial charge is 0.376 e. The Kier molecular flexibility index (Phi) is 5.48. The Labute approximate surface area is 171 Å². The van der Waals surface area contributed by atoms with Crippen LogP contribution in [0.1, 0.15) is 48.3 Å². The van der Waals surface area contributed by atoms with Crippen LogP contribution in [0.2, 0.25) is 0 Å². The predicted octanol–water partition coefficient (Wildman–Crippen LogP) is 2.97. The minimum absolute atomic E-state index is 0.0838. The van der Waals surface area contributed by atoms with Crippen molar-refractivity contribution in [2.45, 2.75) is 58.8 Å². The van der Waals surface area contributed by atoms with Crippen LogP contribution < -0.4 is 5.32 Å². The van der Waals surface area contributed by atoms with E-state index >= 15 is 0 Å². The second-order valence-electron chi connectivity index (χ2n) is 8.11. The van der Waals surface area contributed by atoms with Crippen molar-refractivity contribution >= 4 is 11.7 Å². The van der Waals surface area contributed by atoms with E-state index in [9.17, 15) is 10.1 Å². The zero-order chi connectivity index (χ0) is 20.5. The fourth-order valence-electron chi connectivity index (χ4n) is 4.55. The van der Waals surface area contributed by atoms with Crippen LogP contribution in [0, 0.1) is 25.2 Å². The number of anilines is 1. The van der Waals surface area contributed by atoms with Gasteiger partial charge in [0.25, 0.3) is 0 Å². The van der Waals surface area contributed by atoms with Crippen molar-refractivity contribution in [1.29, 1.82) is 5.26 Å². The normalized spacial score (nSPS) is 21.7. The third-order valence-corrected chi connectivity index (χ3v) is 6.42. The van der Waals surface area contributed by atoms with Crippen molar-refractivity contribution in [3.05, 3.63) is 40.8 Å². The first-order valence-corrected chi connectivity index (χ1v) is 10.4. The maximum atomic E-state index is 12.9. The van der Waals surface area contributed by atoms with Gasteiger partial charge >= 0.3 is 0 Å². The number of rotatable bonds is 5. The lowest BCUT2D eigenvalue weighted by molar-refractivity contribution is -0.118. The summed E-state index contributed by atoms with van der Waals surface area (Å²) < 4.78 is 10.1. The summed E-state index contributed by atoms with van der Waals surface area (Å²) in [6.07, 6.45) is 4.30. The van der Waals surface area contributed by atoms with Gasteiger partial charge in [0.2, 0.25) is 5.91 Å². The van der Waals surface area contributed by atoms with Crippen LogP contribution in [0.25, 0.3) is 0 Å². The number of carbonyl (C=O) groups excluding carboxylic acids is 1. The van der Waals surface area contributed by atoms with Crippen molar-refractivity contribution in [2.24, 2.45) is 0 Å². The van der Waals surface area contributed by atoms with E-state index in [0.717, 1.165) is 43.8 Å². The van der Waals surface area contributed by atoms with Crippen molar-refractivity contribution < 1.29 is 9.53 Å². The molecule has 0 aliphatic carbocycles. The Hall–Kier alpha value is -2.56. The van der Waals surface area contributed by atoms with E-state index < -0.39 is 0 Å². The van der Waals surface area contributed by atoms with E-state index in [1.807, 2.05) is 18.4 Å². The Morgan fingerprint density at radius 2 is 2.21 bits per heavy atom. The molecule has 2 aromatic heterocycles. The second kappa shape index (κ2) is 8.05. The third-order valence-electron chi connectivity index (χ3n) is 6.42. The van der Waals surface area contributed by atoms with E-state index in [1.165, 1.54) is 5.69 Å². The summed E-state index contributed by atoms with van der Waals surface area (Å²) in [5.74, 6) is 0.524. The number of hydrogen-bond acceptors (Lipinski definition) is 4. The van der Waals surface area contributed by atoms with Crippen LogP contribution in [0.15, 0.2) is 18.3 Å². The van der Waals surface area contributed by atoms with Crippen molar-refractivity contribution in [2.75, 3.05) is 25.0 Å². The molecule has 29 heavy (non-hydrogen) atoms. The van der Waals surface area contributed by atoms with Crippen LogP contribution in [0.5, 0.6) is 0 Å². The molecule has 7 nitrogen and oxygen atoms in total. The molecule has 1 amide bonds. The number of amides is 1. The van der Waals surface area contributed by atoms with Crippen LogP contribution in [0.3, 0.4) is 0 Å². The molecule has 0 aromatic carbocycles. The summed E-state index contributed by atoms with van der Waals surface area (Å²) in [4.78, 5) is 15.1. The van der Waals surface area contributed by atoms with E-state index in [0.29, 0.717) is 24.5 Å². The molecule has 1 N–H and O–H groups in total. The SMILES string of the molecule is Cc1c(C#N)c(NC(=O)CN2CCn3cccc3C2C)n(CC2CCCO2)c1C. The monoisotopic (exact) mass is 395 g/mol. The Morgan fingerprint density at radius 3 is 2.93 bits per heavy atom. The molecule has 1 saturated heterocycles. The number of nitriles is 1. The lowest BCUT2D eigenvalue weighted by Crippen LogP contribution is -2.41. The zero-order valence-corrected chi connectivity index (χ0v) is 17.4. The van der Waals surface area contributed by atoms with Crippen LogP contribution in [-0.2, 0) is 22.6 Å². The molecule has 2 aromatic rings. The number of fused-ring (bicyclic) bond motifs is 1. The van der Waals surface area contributed by atoms with Crippen molar-refractivity contribution in [3.63, 3.8) is 0 Å². The van der Waals surface area contributed by atoms with E-state index in [4.69, 9.17) is 4.74 Å². The zero-order valence-electron chi connectivity index (χ0n) is 17.4. The third kappa shape index (κ3) is 3.70. The minimum Gasteiger partial charge on any atom is -0.376 e. The van der Waals surface area contributed by atoms with E-state index in [1.54, 1.807) is 0 Å². The van der Waals surface area contributed by atoms with Crippen molar-refractivity contribution in [3.8, 4) is 6.07 Å². The predicted molar refractivity (Wildman–Crippen MR) is 111 cm³/mol. The summed E-state index contributed by atoms with van der Waals surface area (Å²) in [5, 5.41) is 12.7. The molecule has 0 bridgehead atoms. The number of nitrogens with one attached hydrogen (secondary N) is 1. The molecule has 7 heteroatoms. The highest BCUT2D eigenvalue weighted by Crippen LogP contribution is 2.29. The standard InChI is InChI=1S/C22H29N5O2/c1-15-16(2)27(13-18-6-5-11-29-18)22(19(15)12-23)24-21(28)14-26-10-9-25-8-4-7-20(25)17(26)3/h4,7-8,17-18H,5-6,9-11,13-14H2,1-3H3,(H,24,28). The number of carbonyl (C=O) groups is 1. The van der Waals surface area contributed by atoms with Gasteiger partial charge in [-0.2, -0.15) is 5.26 Å². The fraction of sp³-hybridized carbons (Fsp3) is 0.545. The van der Waals surface area contributed by atoms with E-state index in [-0.39, 0.29) is 18.1 Å². The first-order chi connectivity index (χ1) is 14.0. The first kappa shape index (κ1) is 19.7. The summed E-state index contributed by atoms with van der Waals surface area (Å²) in [6.45, 7) is 9.54. The molecule has 4 heterocycles. The number of ether oxygens (including phenoxy) is 1. The highest BCUT2D eigenvalue weighted by atomic mass is 16.5. The maximum Gasteiger partial charge on any atom is 0.239 e. The maximum absolute atomic E-state index is 12.9. The van der Waals surface area contributed by atoms with E-state index in [2.05, 4.69) is 46.1 Å². The van der Waals surface area contributed by atoms with Gasteiger partial charge in [-0.05, 0) is 51.3 Å². The van der Waals surface area contributed by atoms with Crippen LogP contribution >= 0.6 is 0 Å². The van der Waals surface area contributed by atoms with Gasteiger partial charge in [0.05, 0.1) is 24.8 Å². The smallest absolute Gasteiger partial charge is 0.239 e. The summed E-state index contributed by atoms with van der Waals surface area (Å²) >= 11 is 0. The highest BCUT2D eigenvalue weighted by Gasteiger charge is 2.27. The summed E-state index contributed by atoms with van der Waals surface area (Å²) in [5.41, 5.74) is 3.71. The van der Waals surface area contributed by atoms with Crippen LogP contribution in [0.4, 0.5) is 5.82 Å². The second-order valence-corrected chi connectivity index (χ2v) is 8.11. The number of hydrogen-bond donors (Lipinski definition) is 1. The average Bonchev–Trinajstić information content (AvgIpc) is 3.42. The van der Waals surface area contributed by atoms with Gasteiger partial charge in [-0.3, -0.25) is 9.69 Å². The molecular weight excluding hydrogens is 366 g/mol. The lowest BCUT2D eigenvalue weighted by Gasteiger charge is -2.34. The topological polar surface area (TPSA) is 75.2 Å². The lowest BCUT2D eigenvalue weighted by atomic mass is 10.1. The van der Waals surface area contributed by atoms with Gasteiger partial charge in [-0.1, -0.05) is 0 Å². The Balaban J connectivity index is 1.52.